The molecule has 2 fully saturated rings. The van der Waals surface area contributed by atoms with Gasteiger partial charge in [-0.3, -0.25) is 9.59 Å². The van der Waals surface area contributed by atoms with E-state index in [9.17, 15) is 14.7 Å². The molecule has 5 heteroatoms. The molecule has 1 aromatic rings. The summed E-state index contributed by atoms with van der Waals surface area (Å²) >= 11 is 0. The van der Waals surface area contributed by atoms with Gasteiger partial charge in [0.15, 0.2) is 0 Å². The number of hydrogen-bond donors (Lipinski definition) is 2. The van der Waals surface area contributed by atoms with Gasteiger partial charge in [-0.15, -0.1) is 0 Å². The Hall–Kier alpha value is -1.88. The molecule has 3 rings (SSSR count). The van der Waals surface area contributed by atoms with Crippen molar-refractivity contribution in [3.05, 3.63) is 35.9 Å². The molecular formula is C19H25NO4. The molecule has 2 N–H and O–H groups in total. The largest absolute Gasteiger partial charge is 0.481 e. The van der Waals surface area contributed by atoms with Crippen LogP contribution < -0.4 is 5.32 Å². The van der Waals surface area contributed by atoms with Gasteiger partial charge in [-0.25, -0.2) is 0 Å². The fourth-order valence-corrected chi connectivity index (χ4v) is 4.27. The van der Waals surface area contributed by atoms with Crippen LogP contribution in [0.4, 0.5) is 0 Å². The highest BCUT2D eigenvalue weighted by Gasteiger charge is 2.53. The molecule has 1 aromatic carbocycles. The monoisotopic (exact) mass is 331 g/mol. The summed E-state index contributed by atoms with van der Waals surface area (Å²) in [7, 11) is 0. The normalized spacial score (nSPS) is 28.1. The summed E-state index contributed by atoms with van der Waals surface area (Å²) in [6.45, 7) is 2.58. The number of carbonyl (C=O) groups is 2. The van der Waals surface area contributed by atoms with E-state index in [4.69, 9.17) is 4.74 Å². The molecule has 3 atom stereocenters. The highest BCUT2D eigenvalue weighted by molar-refractivity contribution is 5.86. The minimum absolute atomic E-state index is 0.00456. The molecule has 0 aromatic heterocycles. The first-order valence-electron chi connectivity index (χ1n) is 8.74. The van der Waals surface area contributed by atoms with Crippen LogP contribution in [0.5, 0.6) is 0 Å². The molecule has 1 aliphatic heterocycles. The third-order valence-electron chi connectivity index (χ3n) is 5.91. The minimum atomic E-state index is -1.10. The van der Waals surface area contributed by atoms with Gasteiger partial charge in [-0.05, 0) is 37.7 Å². The summed E-state index contributed by atoms with van der Waals surface area (Å²) in [5.74, 6) is -0.947. The smallest absolute Gasteiger partial charge is 0.315 e. The van der Waals surface area contributed by atoms with Crippen LogP contribution in [0.25, 0.3) is 0 Å². The number of carboxylic acid groups (broad SMARTS) is 1. The minimum Gasteiger partial charge on any atom is -0.481 e. The summed E-state index contributed by atoms with van der Waals surface area (Å²) < 4.78 is 5.71. The van der Waals surface area contributed by atoms with E-state index in [-0.39, 0.29) is 18.6 Å². The number of benzene rings is 1. The second-order valence-electron chi connectivity index (χ2n) is 6.95. The van der Waals surface area contributed by atoms with Crippen molar-refractivity contribution < 1.29 is 19.4 Å². The van der Waals surface area contributed by atoms with E-state index in [0.717, 1.165) is 31.2 Å². The third kappa shape index (κ3) is 2.61. The highest BCUT2D eigenvalue weighted by atomic mass is 16.5. The molecule has 1 amide bonds. The second-order valence-corrected chi connectivity index (χ2v) is 6.95. The zero-order valence-corrected chi connectivity index (χ0v) is 14.1. The summed E-state index contributed by atoms with van der Waals surface area (Å²) in [5, 5.41) is 12.8. The van der Waals surface area contributed by atoms with Gasteiger partial charge in [0.1, 0.15) is 5.41 Å². The topological polar surface area (TPSA) is 75.6 Å². The first-order chi connectivity index (χ1) is 11.5. The van der Waals surface area contributed by atoms with Crippen molar-refractivity contribution in [2.24, 2.45) is 5.41 Å². The van der Waals surface area contributed by atoms with Crippen molar-refractivity contribution >= 4 is 11.9 Å². The van der Waals surface area contributed by atoms with Gasteiger partial charge in [-0.1, -0.05) is 37.3 Å². The molecule has 130 valence electrons. The van der Waals surface area contributed by atoms with Gasteiger partial charge < -0.3 is 15.2 Å². The van der Waals surface area contributed by atoms with Crippen LogP contribution in [0, 0.1) is 5.41 Å². The predicted octanol–water partition coefficient (Wildman–Crippen LogP) is 2.49. The van der Waals surface area contributed by atoms with Crippen molar-refractivity contribution in [1.29, 1.82) is 0 Å². The number of aliphatic carboxylic acids is 1. The van der Waals surface area contributed by atoms with Gasteiger partial charge in [0.2, 0.25) is 5.91 Å². The van der Waals surface area contributed by atoms with Gasteiger partial charge in [-0.2, -0.15) is 0 Å². The molecule has 2 aliphatic rings. The van der Waals surface area contributed by atoms with Gasteiger partial charge >= 0.3 is 5.97 Å². The van der Waals surface area contributed by atoms with Gasteiger partial charge in [0, 0.05) is 13.2 Å². The fourth-order valence-electron chi connectivity index (χ4n) is 4.27. The Kier molecular flexibility index (Phi) is 4.63. The van der Waals surface area contributed by atoms with Crippen LogP contribution in [0.2, 0.25) is 0 Å². The fraction of sp³-hybridized carbons (Fsp3) is 0.579. The van der Waals surface area contributed by atoms with Gasteiger partial charge in [0.05, 0.1) is 11.5 Å². The SMILES string of the molecule is CCC(CNC(=O)[C@]12CCC[C@H]1OCC2)(C(=O)O)c1ccccc1. The van der Waals surface area contributed by atoms with Crippen molar-refractivity contribution in [2.45, 2.75) is 50.5 Å². The molecule has 1 unspecified atom stereocenters. The Morgan fingerprint density at radius 1 is 1.33 bits per heavy atom. The van der Waals surface area contributed by atoms with E-state index in [1.165, 1.54) is 0 Å². The number of carboxylic acids is 1. The van der Waals surface area contributed by atoms with Crippen LogP contribution in [-0.2, 0) is 19.7 Å². The van der Waals surface area contributed by atoms with E-state index in [2.05, 4.69) is 5.32 Å². The molecule has 24 heavy (non-hydrogen) atoms. The molecule has 0 spiro atoms. The third-order valence-corrected chi connectivity index (χ3v) is 5.91. The summed E-state index contributed by atoms with van der Waals surface area (Å²) in [6.07, 6.45) is 3.90. The zero-order valence-electron chi connectivity index (χ0n) is 14.1. The molecule has 1 aliphatic carbocycles. The quantitative estimate of drug-likeness (QED) is 0.840. The number of hydrogen-bond acceptors (Lipinski definition) is 3. The maximum Gasteiger partial charge on any atom is 0.315 e. The van der Waals surface area contributed by atoms with Crippen LogP contribution in [-0.4, -0.2) is 36.2 Å². The van der Waals surface area contributed by atoms with E-state index in [1.807, 2.05) is 37.3 Å². The lowest BCUT2D eigenvalue weighted by molar-refractivity contribution is -0.144. The predicted molar refractivity (Wildman–Crippen MR) is 89.7 cm³/mol. The van der Waals surface area contributed by atoms with Crippen molar-refractivity contribution in [1.82, 2.24) is 5.32 Å². The van der Waals surface area contributed by atoms with Crippen LogP contribution in [0.1, 0.15) is 44.6 Å². The molecule has 0 bridgehead atoms. The lowest BCUT2D eigenvalue weighted by Gasteiger charge is -2.32. The van der Waals surface area contributed by atoms with Crippen LogP contribution in [0.3, 0.4) is 0 Å². The number of nitrogens with one attached hydrogen (secondary N) is 1. The maximum absolute atomic E-state index is 12.9. The number of ether oxygens (including phenoxy) is 1. The number of rotatable bonds is 6. The van der Waals surface area contributed by atoms with Crippen molar-refractivity contribution in [3.8, 4) is 0 Å². The van der Waals surface area contributed by atoms with Gasteiger partial charge in [0.25, 0.3) is 0 Å². The van der Waals surface area contributed by atoms with E-state index < -0.39 is 16.8 Å². The number of carbonyl (C=O) groups excluding carboxylic acids is 1. The first kappa shape index (κ1) is 17.0. The Morgan fingerprint density at radius 2 is 2.08 bits per heavy atom. The number of fused-ring (bicyclic) bond motifs is 1. The molecule has 1 saturated heterocycles. The van der Waals surface area contributed by atoms with Crippen LogP contribution in [0.15, 0.2) is 30.3 Å². The van der Waals surface area contributed by atoms with Crippen LogP contribution >= 0.6 is 0 Å². The average Bonchev–Trinajstić information content (AvgIpc) is 3.17. The molecule has 0 radical (unpaired) electrons. The van der Waals surface area contributed by atoms with Crippen molar-refractivity contribution in [2.75, 3.05) is 13.2 Å². The van der Waals surface area contributed by atoms with E-state index in [0.29, 0.717) is 13.0 Å². The standard InChI is InChI=1S/C19H25NO4/c1-2-18(17(22)23,14-7-4-3-5-8-14)13-20-16(21)19-10-6-9-15(19)24-12-11-19/h3-5,7-8,15H,2,6,9-13H2,1H3,(H,20,21)(H,22,23)/t15-,18?,19+/m1/s1. The summed E-state index contributed by atoms with van der Waals surface area (Å²) in [5.41, 5.74) is -0.820. The average molecular weight is 331 g/mol. The Bertz CT molecular complexity index is 605. The number of amides is 1. The molecular weight excluding hydrogens is 306 g/mol. The Balaban J connectivity index is 1.79. The summed E-state index contributed by atoms with van der Waals surface area (Å²) in [4.78, 5) is 24.9. The lowest BCUT2D eigenvalue weighted by atomic mass is 9.77. The Labute approximate surface area is 142 Å². The highest BCUT2D eigenvalue weighted by Crippen LogP contribution is 2.47. The van der Waals surface area contributed by atoms with Crippen molar-refractivity contribution in [3.63, 3.8) is 0 Å². The maximum atomic E-state index is 12.9. The second kappa shape index (κ2) is 6.55. The molecule has 1 saturated carbocycles. The first-order valence-corrected chi connectivity index (χ1v) is 8.74. The molecule has 1 heterocycles. The zero-order chi connectivity index (χ0) is 17.2. The lowest BCUT2D eigenvalue weighted by Crippen LogP contribution is -2.51. The Morgan fingerprint density at radius 3 is 2.75 bits per heavy atom. The summed E-state index contributed by atoms with van der Waals surface area (Å²) in [6, 6.07) is 9.17. The molecule has 5 nitrogen and oxygen atoms in total. The van der Waals surface area contributed by atoms with E-state index in [1.54, 1.807) is 0 Å². The van der Waals surface area contributed by atoms with E-state index >= 15 is 0 Å².